The highest BCUT2D eigenvalue weighted by Crippen LogP contribution is 2.43. The first-order valence-corrected chi connectivity index (χ1v) is 19.4. The number of benzene rings is 2. The standard InChI is InChI=1S/C44H64O5/c1-5-6-7-35-12-20-40(21-13-35)41-22-14-36(15-23-41)8-9-37-16-24-42(25-17-37)43-26-18-38(19-27-43)10-11-39(30-48-34(4)32(2)28-45)31-49-44(47)33(3)29-46/h12-15,20-23,32,37-39,42-43,45-46H,3-11,16-19,24-31H2,1-2H3. The Morgan fingerprint density at radius 2 is 1.27 bits per heavy atom. The van der Waals surface area contributed by atoms with E-state index in [2.05, 4.69) is 68.6 Å². The first kappa shape index (κ1) is 38.9. The molecule has 49 heavy (non-hydrogen) atoms. The summed E-state index contributed by atoms with van der Waals surface area (Å²) in [5.41, 5.74) is 5.60. The Morgan fingerprint density at radius 3 is 1.78 bits per heavy atom. The van der Waals surface area contributed by atoms with E-state index in [-0.39, 0.29) is 30.6 Å². The van der Waals surface area contributed by atoms with Crippen molar-refractivity contribution in [2.24, 2.45) is 35.5 Å². The van der Waals surface area contributed by atoms with Crippen molar-refractivity contribution in [2.75, 3.05) is 26.4 Å². The second-order valence-electron chi connectivity index (χ2n) is 15.3. The maximum Gasteiger partial charge on any atom is 0.335 e. The Balaban J connectivity index is 1.14. The van der Waals surface area contributed by atoms with Crippen molar-refractivity contribution in [3.8, 4) is 11.1 Å². The summed E-state index contributed by atoms with van der Waals surface area (Å²) in [7, 11) is 0. The summed E-state index contributed by atoms with van der Waals surface area (Å²) < 4.78 is 11.3. The zero-order valence-corrected chi connectivity index (χ0v) is 30.6. The van der Waals surface area contributed by atoms with Crippen LogP contribution in [0.1, 0.15) is 108 Å². The van der Waals surface area contributed by atoms with E-state index < -0.39 is 12.6 Å². The van der Waals surface area contributed by atoms with Crippen molar-refractivity contribution in [2.45, 2.75) is 110 Å². The lowest BCUT2D eigenvalue weighted by Gasteiger charge is -2.38. The lowest BCUT2D eigenvalue weighted by atomic mass is 9.68. The second kappa shape index (κ2) is 20.7. The maximum absolute atomic E-state index is 12.1. The minimum Gasteiger partial charge on any atom is -0.498 e. The fourth-order valence-corrected chi connectivity index (χ4v) is 7.89. The van der Waals surface area contributed by atoms with Gasteiger partial charge in [-0.15, -0.1) is 0 Å². The molecule has 2 atom stereocenters. The van der Waals surface area contributed by atoms with Crippen LogP contribution in [-0.2, 0) is 27.1 Å². The van der Waals surface area contributed by atoms with Crippen molar-refractivity contribution >= 4 is 5.97 Å². The molecule has 2 aliphatic carbocycles. The number of esters is 1. The molecule has 0 saturated heterocycles. The van der Waals surface area contributed by atoms with Crippen molar-refractivity contribution in [3.05, 3.63) is 84.1 Å². The third-order valence-electron chi connectivity index (χ3n) is 11.6. The summed E-state index contributed by atoms with van der Waals surface area (Å²) in [6.45, 7) is 11.9. The number of rotatable bonds is 20. The topological polar surface area (TPSA) is 76.0 Å². The zero-order chi connectivity index (χ0) is 35.0. The maximum atomic E-state index is 12.1. The molecule has 2 aromatic rings. The van der Waals surface area contributed by atoms with E-state index in [1.165, 1.54) is 106 Å². The summed E-state index contributed by atoms with van der Waals surface area (Å²) in [4.78, 5) is 12.1. The van der Waals surface area contributed by atoms with E-state index in [9.17, 15) is 15.0 Å². The van der Waals surface area contributed by atoms with Crippen LogP contribution in [0.3, 0.4) is 0 Å². The Labute approximate surface area is 297 Å². The molecule has 0 amide bonds. The van der Waals surface area contributed by atoms with Crippen molar-refractivity contribution in [3.63, 3.8) is 0 Å². The minimum absolute atomic E-state index is 0.0103. The molecule has 0 bridgehead atoms. The van der Waals surface area contributed by atoms with Crippen LogP contribution in [0.4, 0.5) is 0 Å². The number of aliphatic hydroxyl groups excluding tert-OH is 2. The number of hydrogen-bond acceptors (Lipinski definition) is 5. The zero-order valence-electron chi connectivity index (χ0n) is 30.6. The van der Waals surface area contributed by atoms with Crippen LogP contribution in [0.25, 0.3) is 11.1 Å². The molecule has 2 unspecified atom stereocenters. The Kier molecular flexibility index (Phi) is 16.4. The van der Waals surface area contributed by atoms with Crippen molar-refractivity contribution in [1.29, 1.82) is 0 Å². The third-order valence-corrected chi connectivity index (χ3v) is 11.6. The Hall–Kier alpha value is -2.89. The van der Waals surface area contributed by atoms with Gasteiger partial charge in [-0.05, 0) is 110 Å². The number of carbonyl (C=O) groups excluding carboxylic acids is 1. The summed E-state index contributed by atoms with van der Waals surface area (Å²) in [5.74, 6) is 3.24. The molecule has 270 valence electrons. The van der Waals surface area contributed by atoms with Crippen molar-refractivity contribution < 1.29 is 24.5 Å². The first-order chi connectivity index (χ1) is 23.8. The number of aliphatic hydroxyl groups is 2. The van der Waals surface area contributed by atoms with E-state index >= 15 is 0 Å². The molecule has 4 rings (SSSR count). The fraction of sp³-hybridized carbons (Fsp3) is 0.614. The van der Waals surface area contributed by atoms with E-state index in [0.29, 0.717) is 18.3 Å². The smallest absolute Gasteiger partial charge is 0.335 e. The van der Waals surface area contributed by atoms with Gasteiger partial charge in [0.05, 0.1) is 37.8 Å². The van der Waals surface area contributed by atoms with Gasteiger partial charge in [-0.3, -0.25) is 0 Å². The number of ether oxygens (including phenoxy) is 2. The van der Waals surface area contributed by atoms with Gasteiger partial charge in [0.25, 0.3) is 0 Å². The molecular weight excluding hydrogens is 608 g/mol. The quantitative estimate of drug-likeness (QED) is 0.0832. The molecule has 2 N–H and O–H groups in total. The fourth-order valence-electron chi connectivity index (χ4n) is 7.89. The number of hydrogen-bond donors (Lipinski definition) is 2. The monoisotopic (exact) mass is 672 g/mol. The van der Waals surface area contributed by atoms with Crippen LogP contribution in [-0.4, -0.2) is 42.6 Å². The molecule has 2 aromatic carbocycles. The van der Waals surface area contributed by atoms with Crippen LogP contribution in [0.5, 0.6) is 0 Å². The predicted octanol–water partition coefficient (Wildman–Crippen LogP) is 9.89. The molecule has 2 saturated carbocycles. The molecule has 2 aliphatic rings. The van der Waals surface area contributed by atoms with Gasteiger partial charge < -0.3 is 19.7 Å². The van der Waals surface area contributed by atoms with E-state index in [0.717, 1.165) is 30.6 Å². The molecular formula is C44H64O5. The lowest BCUT2D eigenvalue weighted by Crippen LogP contribution is -2.27. The average molecular weight is 673 g/mol. The second-order valence-corrected chi connectivity index (χ2v) is 15.3. The van der Waals surface area contributed by atoms with Gasteiger partial charge in [-0.1, -0.05) is 108 Å². The van der Waals surface area contributed by atoms with Gasteiger partial charge in [-0.2, -0.15) is 0 Å². The molecule has 5 nitrogen and oxygen atoms in total. The molecule has 0 aliphatic heterocycles. The van der Waals surface area contributed by atoms with Gasteiger partial charge in [0.1, 0.15) is 0 Å². The highest BCUT2D eigenvalue weighted by Gasteiger charge is 2.31. The highest BCUT2D eigenvalue weighted by molar-refractivity contribution is 5.87. The summed E-state index contributed by atoms with van der Waals surface area (Å²) >= 11 is 0. The van der Waals surface area contributed by atoms with Gasteiger partial charge >= 0.3 is 5.97 Å². The van der Waals surface area contributed by atoms with E-state index in [1.54, 1.807) is 0 Å². The first-order valence-electron chi connectivity index (χ1n) is 19.4. The van der Waals surface area contributed by atoms with Gasteiger partial charge in [0.15, 0.2) is 0 Å². The van der Waals surface area contributed by atoms with Gasteiger partial charge in [-0.25, -0.2) is 4.79 Å². The third kappa shape index (κ3) is 12.7. The molecule has 0 radical (unpaired) electrons. The molecule has 0 spiro atoms. The van der Waals surface area contributed by atoms with E-state index in [4.69, 9.17) is 9.47 Å². The van der Waals surface area contributed by atoms with Crippen LogP contribution in [0.2, 0.25) is 0 Å². The SMILES string of the molecule is C=C(CO)C(=O)OCC(CCC1CCC(C2CCC(CCc3ccc(-c4ccc(CCCC)cc4)cc3)CC2)CC1)COC(=C)C(C)CO. The molecule has 0 heterocycles. The van der Waals surface area contributed by atoms with Crippen LogP contribution < -0.4 is 0 Å². The summed E-state index contributed by atoms with van der Waals surface area (Å²) in [6, 6.07) is 18.4. The van der Waals surface area contributed by atoms with E-state index in [1.807, 2.05) is 6.92 Å². The lowest BCUT2D eigenvalue weighted by molar-refractivity contribution is -0.141. The van der Waals surface area contributed by atoms with Gasteiger partial charge in [0.2, 0.25) is 0 Å². The number of unbranched alkanes of at least 4 members (excludes halogenated alkanes) is 1. The largest absolute Gasteiger partial charge is 0.498 e. The Bertz CT molecular complexity index is 1270. The van der Waals surface area contributed by atoms with Gasteiger partial charge in [0, 0.05) is 11.8 Å². The molecule has 2 fully saturated rings. The number of carbonyl (C=O) groups is 1. The summed E-state index contributed by atoms with van der Waals surface area (Å²) in [5, 5.41) is 18.6. The number of aryl methyl sites for hydroxylation is 2. The average Bonchev–Trinajstić information content (AvgIpc) is 3.15. The van der Waals surface area contributed by atoms with Crippen LogP contribution >= 0.6 is 0 Å². The normalized spacial score (nSPS) is 22.2. The molecule has 5 heteroatoms. The van der Waals surface area contributed by atoms with Crippen LogP contribution in [0, 0.1) is 35.5 Å². The van der Waals surface area contributed by atoms with Crippen LogP contribution in [0.15, 0.2) is 73.0 Å². The van der Waals surface area contributed by atoms with Crippen molar-refractivity contribution in [1.82, 2.24) is 0 Å². The predicted molar refractivity (Wildman–Crippen MR) is 201 cm³/mol. The highest BCUT2D eigenvalue weighted by atomic mass is 16.5. The minimum atomic E-state index is -0.557. The summed E-state index contributed by atoms with van der Waals surface area (Å²) in [6.07, 6.45) is 19.0. The Morgan fingerprint density at radius 1 is 0.755 bits per heavy atom. The molecule has 0 aromatic heterocycles.